The van der Waals surface area contributed by atoms with Gasteiger partial charge in [0.1, 0.15) is 0 Å². The molecule has 0 radical (unpaired) electrons. The van der Waals surface area contributed by atoms with Crippen LogP contribution in [-0.4, -0.2) is 34.1 Å². The number of carbonyl (C=O) groups excluding carboxylic acids is 1. The molecule has 2 aliphatic rings. The van der Waals surface area contributed by atoms with Crippen molar-refractivity contribution < 1.29 is 23.1 Å². The largest absolute Gasteiger partial charge is 0.393 e. The molecule has 1 amide bonds. The van der Waals surface area contributed by atoms with Crippen molar-refractivity contribution in [3.63, 3.8) is 0 Å². The van der Waals surface area contributed by atoms with Crippen LogP contribution in [0.1, 0.15) is 36.0 Å². The van der Waals surface area contributed by atoms with Gasteiger partial charge in [0.15, 0.2) is 17.5 Å². The molecule has 2 bridgehead atoms. The first-order chi connectivity index (χ1) is 9.47. The normalized spacial score (nSPS) is 28.8. The highest BCUT2D eigenvalue weighted by Gasteiger charge is 2.43. The number of fused-ring (bicyclic) bond motifs is 2. The minimum Gasteiger partial charge on any atom is -0.393 e. The summed E-state index contributed by atoms with van der Waals surface area (Å²) in [5.41, 5.74) is -0.185. The highest BCUT2D eigenvalue weighted by atomic mass is 19.2. The number of halogens is 3. The first-order valence-electron chi connectivity index (χ1n) is 6.62. The summed E-state index contributed by atoms with van der Waals surface area (Å²) in [4.78, 5) is 14.0. The number of piperidine rings is 1. The van der Waals surface area contributed by atoms with Crippen LogP contribution in [0.4, 0.5) is 13.2 Å². The summed E-state index contributed by atoms with van der Waals surface area (Å²) in [5, 5.41) is 9.68. The van der Waals surface area contributed by atoms with Crippen molar-refractivity contribution in [1.29, 1.82) is 0 Å². The number of hydrogen-bond donors (Lipinski definition) is 1. The summed E-state index contributed by atoms with van der Waals surface area (Å²) in [6, 6.07) is 1.25. The van der Waals surface area contributed by atoms with Gasteiger partial charge >= 0.3 is 0 Å². The third-order valence-electron chi connectivity index (χ3n) is 4.17. The van der Waals surface area contributed by atoms with Gasteiger partial charge in [0, 0.05) is 17.6 Å². The van der Waals surface area contributed by atoms with E-state index in [1.807, 2.05) is 0 Å². The molecule has 2 aliphatic heterocycles. The van der Waals surface area contributed by atoms with Crippen LogP contribution < -0.4 is 0 Å². The Bertz CT molecular complexity index is 526. The van der Waals surface area contributed by atoms with Gasteiger partial charge in [-0.05, 0) is 37.8 Å². The fourth-order valence-corrected chi connectivity index (χ4v) is 3.31. The zero-order valence-electron chi connectivity index (χ0n) is 10.7. The van der Waals surface area contributed by atoms with Crippen molar-refractivity contribution in [2.75, 3.05) is 0 Å². The lowest BCUT2D eigenvalue weighted by Crippen LogP contribution is -2.48. The van der Waals surface area contributed by atoms with E-state index >= 15 is 0 Å². The first-order valence-corrected chi connectivity index (χ1v) is 6.62. The Hall–Kier alpha value is -1.56. The van der Waals surface area contributed by atoms with Crippen molar-refractivity contribution in [2.24, 2.45) is 0 Å². The Morgan fingerprint density at radius 1 is 1.10 bits per heavy atom. The summed E-state index contributed by atoms with van der Waals surface area (Å²) in [6.45, 7) is 0. The van der Waals surface area contributed by atoms with Crippen molar-refractivity contribution in [2.45, 2.75) is 43.9 Å². The third kappa shape index (κ3) is 2.08. The van der Waals surface area contributed by atoms with Gasteiger partial charge in [-0.15, -0.1) is 0 Å². The van der Waals surface area contributed by atoms with Crippen molar-refractivity contribution in [3.05, 3.63) is 35.1 Å². The fourth-order valence-electron chi connectivity index (χ4n) is 3.31. The maximum Gasteiger partial charge on any atom is 0.254 e. The van der Waals surface area contributed by atoms with E-state index in [1.54, 1.807) is 4.90 Å². The average Bonchev–Trinajstić information content (AvgIpc) is 2.66. The highest BCUT2D eigenvalue weighted by molar-refractivity contribution is 5.95. The standard InChI is InChI=1S/C14H14F3NO2/c15-11-3-7(4-12(16)13(11)17)14(20)18-8-1-2-9(18)6-10(19)5-8/h3-4,8-10,19H,1-2,5-6H2. The van der Waals surface area contributed by atoms with E-state index in [1.165, 1.54) is 0 Å². The zero-order valence-corrected chi connectivity index (χ0v) is 10.7. The lowest BCUT2D eigenvalue weighted by molar-refractivity contribution is 0.0286. The molecule has 6 heteroatoms. The minimum atomic E-state index is -1.57. The Balaban J connectivity index is 1.90. The number of nitrogens with zero attached hydrogens (tertiary/aromatic N) is 1. The van der Waals surface area contributed by atoms with E-state index in [0.29, 0.717) is 12.8 Å². The van der Waals surface area contributed by atoms with Crippen molar-refractivity contribution in [3.8, 4) is 0 Å². The third-order valence-corrected chi connectivity index (χ3v) is 4.17. The zero-order chi connectivity index (χ0) is 14.4. The molecule has 1 aromatic rings. The predicted molar refractivity (Wildman–Crippen MR) is 64.5 cm³/mol. The molecular formula is C14H14F3NO2. The molecule has 2 saturated heterocycles. The molecule has 0 saturated carbocycles. The number of aliphatic hydroxyl groups excluding tert-OH is 1. The Morgan fingerprint density at radius 3 is 2.10 bits per heavy atom. The van der Waals surface area contributed by atoms with Crippen LogP contribution in [0.15, 0.2) is 12.1 Å². The number of carbonyl (C=O) groups is 1. The van der Waals surface area contributed by atoms with Crippen LogP contribution >= 0.6 is 0 Å². The number of benzene rings is 1. The Kier molecular flexibility index (Phi) is 3.20. The van der Waals surface area contributed by atoms with Crippen LogP contribution in [0.3, 0.4) is 0 Å². The first kappa shape index (κ1) is 13.4. The molecule has 2 atom stereocenters. The fraction of sp³-hybridized carbons (Fsp3) is 0.500. The van der Waals surface area contributed by atoms with Gasteiger partial charge in [-0.2, -0.15) is 0 Å². The Labute approximate surface area is 114 Å². The predicted octanol–water partition coefficient (Wildman–Crippen LogP) is 2.23. The summed E-state index contributed by atoms with van der Waals surface area (Å²) in [5.74, 6) is -4.80. The average molecular weight is 285 g/mol. The van der Waals surface area contributed by atoms with E-state index in [0.717, 1.165) is 25.0 Å². The van der Waals surface area contributed by atoms with E-state index in [9.17, 15) is 23.1 Å². The number of rotatable bonds is 1. The van der Waals surface area contributed by atoms with Crippen LogP contribution in [0, 0.1) is 17.5 Å². The smallest absolute Gasteiger partial charge is 0.254 e. The van der Waals surface area contributed by atoms with E-state index < -0.39 is 29.5 Å². The molecule has 2 fully saturated rings. The molecule has 0 aliphatic carbocycles. The van der Waals surface area contributed by atoms with Gasteiger partial charge in [0.25, 0.3) is 5.91 Å². The second-order valence-electron chi connectivity index (χ2n) is 5.48. The van der Waals surface area contributed by atoms with Crippen LogP contribution in [-0.2, 0) is 0 Å². The topological polar surface area (TPSA) is 40.5 Å². The molecule has 3 nitrogen and oxygen atoms in total. The molecule has 1 aromatic carbocycles. The quantitative estimate of drug-likeness (QED) is 0.804. The van der Waals surface area contributed by atoms with Gasteiger partial charge in [-0.1, -0.05) is 0 Å². The minimum absolute atomic E-state index is 0.104. The molecular weight excluding hydrogens is 271 g/mol. The number of amides is 1. The van der Waals surface area contributed by atoms with Gasteiger partial charge < -0.3 is 10.0 Å². The molecule has 3 rings (SSSR count). The summed E-state index contributed by atoms with van der Waals surface area (Å²) < 4.78 is 39.4. The molecule has 20 heavy (non-hydrogen) atoms. The summed E-state index contributed by atoms with van der Waals surface area (Å²) in [6.07, 6.45) is 2.08. The van der Waals surface area contributed by atoms with Crippen molar-refractivity contribution >= 4 is 5.91 Å². The van der Waals surface area contributed by atoms with Gasteiger partial charge in [-0.25, -0.2) is 13.2 Å². The van der Waals surface area contributed by atoms with E-state index in [-0.39, 0.29) is 17.6 Å². The van der Waals surface area contributed by atoms with Crippen molar-refractivity contribution in [1.82, 2.24) is 4.90 Å². The molecule has 0 spiro atoms. The highest BCUT2D eigenvalue weighted by Crippen LogP contribution is 2.36. The SMILES string of the molecule is O=C(c1cc(F)c(F)c(F)c1)N1C2CCC1CC(O)C2. The lowest BCUT2D eigenvalue weighted by Gasteiger charge is -2.37. The second kappa shape index (κ2) is 4.77. The molecule has 108 valence electrons. The number of hydrogen-bond acceptors (Lipinski definition) is 2. The second-order valence-corrected chi connectivity index (χ2v) is 5.48. The molecule has 1 N–H and O–H groups in total. The maximum absolute atomic E-state index is 13.2. The summed E-state index contributed by atoms with van der Waals surface area (Å²) >= 11 is 0. The van der Waals surface area contributed by atoms with Gasteiger partial charge in [0.05, 0.1) is 6.10 Å². The molecule has 0 aromatic heterocycles. The number of aliphatic hydroxyl groups is 1. The van der Waals surface area contributed by atoms with Crippen LogP contribution in [0.25, 0.3) is 0 Å². The van der Waals surface area contributed by atoms with Crippen LogP contribution in [0.2, 0.25) is 0 Å². The van der Waals surface area contributed by atoms with Gasteiger partial charge in [0.2, 0.25) is 0 Å². The van der Waals surface area contributed by atoms with E-state index in [4.69, 9.17) is 0 Å². The monoisotopic (exact) mass is 285 g/mol. The summed E-state index contributed by atoms with van der Waals surface area (Å²) in [7, 11) is 0. The molecule has 2 unspecified atom stereocenters. The van der Waals surface area contributed by atoms with Crippen LogP contribution in [0.5, 0.6) is 0 Å². The molecule has 2 heterocycles. The van der Waals surface area contributed by atoms with E-state index in [2.05, 4.69) is 0 Å². The maximum atomic E-state index is 13.2. The lowest BCUT2D eigenvalue weighted by atomic mass is 9.98. The Morgan fingerprint density at radius 2 is 1.60 bits per heavy atom. The van der Waals surface area contributed by atoms with Gasteiger partial charge in [-0.3, -0.25) is 4.79 Å².